The van der Waals surface area contributed by atoms with Crippen molar-refractivity contribution >= 4 is 0 Å². The fourth-order valence-electron chi connectivity index (χ4n) is 1.91. The highest BCUT2D eigenvalue weighted by molar-refractivity contribution is 5.35. The third-order valence-electron chi connectivity index (χ3n) is 3.01. The maximum atomic E-state index is 5.48. The Balaban J connectivity index is 2.08. The summed E-state index contributed by atoms with van der Waals surface area (Å²) in [5.74, 6) is 0. The van der Waals surface area contributed by atoms with E-state index in [1.807, 2.05) is 10.9 Å². The second-order valence-electron chi connectivity index (χ2n) is 4.42. The van der Waals surface area contributed by atoms with Crippen molar-refractivity contribution in [1.29, 1.82) is 0 Å². The van der Waals surface area contributed by atoms with E-state index in [2.05, 4.69) is 41.5 Å². The van der Waals surface area contributed by atoms with E-state index >= 15 is 0 Å². The van der Waals surface area contributed by atoms with Crippen molar-refractivity contribution < 1.29 is 0 Å². The Hall–Kier alpha value is -1.68. The van der Waals surface area contributed by atoms with Crippen LogP contribution in [0.5, 0.6) is 0 Å². The van der Waals surface area contributed by atoms with Crippen molar-refractivity contribution in [2.24, 2.45) is 5.73 Å². The molecule has 0 atom stereocenters. The van der Waals surface area contributed by atoms with E-state index < -0.39 is 0 Å². The van der Waals surface area contributed by atoms with Crippen LogP contribution in [0.2, 0.25) is 0 Å². The molecule has 1 heterocycles. The second kappa shape index (κ2) is 6.31. The number of nitrogens with zero attached hydrogens (tertiary/aromatic N) is 3. The van der Waals surface area contributed by atoms with Crippen LogP contribution in [0, 0.1) is 0 Å². The summed E-state index contributed by atoms with van der Waals surface area (Å²) in [6.07, 6.45) is 6.10. The smallest absolute Gasteiger partial charge is 0.0831 e. The van der Waals surface area contributed by atoms with Crippen LogP contribution in [-0.4, -0.2) is 21.5 Å². The lowest BCUT2D eigenvalue weighted by Crippen LogP contribution is -1.99. The van der Waals surface area contributed by atoms with Crippen LogP contribution in [0.3, 0.4) is 0 Å². The second-order valence-corrected chi connectivity index (χ2v) is 4.42. The van der Waals surface area contributed by atoms with Crippen molar-refractivity contribution in [1.82, 2.24) is 15.0 Å². The highest BCUT2D eigenvalue weighted by Crippen LogP contribution is 2.11. The van der Waals surface area contributed by atoms with Crippen molar-refractivity contribution in [2.45, 2.75) is 32.6 Å². The zero-order valence-corrected chi connectivity index (χ0v) is 10.8. The molecule has 0 bridgehead atoms. The third kappa shape index (κ3) is 3.17. The molecule has 18 heavy (non-hydrogen) atoms. The first kappa shape index (κ1) is 12.8. The van der Waals surface area contributed by atoms with Gasteiger partial charge in [-0.15, -0.1) is 5.10 Å². The fourth-order valence-corrected chi connectivity index (χ4v) is 1.91. The van der Waals surface area contributed by atoms with E-state index in [1.165, 1.54) is 5.56 Å². The van der Waals surface area contributed by atoms with E-state index in [0.717, 1.165) is 43.6 Å². The van der Waals surface area contributed by atoms with Crippen molar-refractivity contribution in [3.05, 3.63) is 41.7 Å². The first-order valence-electron chi connectivity index (χ1n) is 6.54. The van der Waals surface area contributed by atoms with Crippen molar-refractivity contribution in [3.8, 4) is 5.69 Å². The minimum atomic E-state index is 0.743. The van der Waals surface area contributed by atoms with E-state index in [0.29, 0.717) is 0 Å². The van der Waals surface area contributed by atoms with Gasteiger partial charge in [0, 0.05) is 0 Å². The Bertz CT molecular complexity index is 490. The molecule has 0 unspecified atom stereocenters. The normalized spacial score (nSPS) is 10.8. The molecule has 0 saturated heterocycles. The van der Waals surface area contributed by atoms with Gasteiger partial charge in [0.1, 0.15) is 0 Å². The molecular formula is C14H20N4. The molecule has 0 aliphatic carbocycles. The lowest BCUT2D eigenvalue weighted by molar-refractivity contribution is 0.727. The third-order valence-corrected chi connectivity index (χ3v) is 3.01. The molecule has 96 valence electrons. The van der Waals surface area contributed by atoms with Crippen LogP contribution in [0.4, 0.5) is 0 Å². The van der Waals surface area contributed by atoms with Gasteiger partial charge >= 0.3 is 0 Å². The monoisotopic (exact) mass is 244 g/mol. The van der Waals surface area contributed by atoms with Gasteiger partial charge in [0.25, 0.3) is 0 Å². The lowest BCUT2D eigenvalue weighted by Gasteiger charge is -2.02. The molecule has 0 spiro atoms. The summed E-state index contributed by atoms with van der Waals surface area (Å²) in [6, 6.07) is 8.39. The van der Waals surface area contributed by atoms with Crippen molar-refractivity contribution in [3.63, 3.8) is 0 Å². The molecule has 2 rings (SSSR count). The highest BCUT2D eigenvalue weighted by Gasteiger charge is 2.03. The Morgan fingerprint density at radius 1 is 1.28 bits per heavy atom. The molecule has 1 aromatic carbocycles. The first-order chi connectivity index (χ1) is 8.83. The molecule has 0 amide bonds. The zero-order chi connectivity index (χ0) is 12.8. The number of hydrogen-bond donors (Lipinski definition) is 1. The fraction of sp³-hybridized carbons (Fsp3) is 0.429. The number of rotatable bonds is 6. The van der Waals surface area contributed by atoms with Gasteiger partial charge in [0.05, 0.1) is 17.6 Å². The van der Waals surface area contributed by atoms with Gasteiger partial charge in [-0.1, -0.05) is 24.3 Å². The average Bonchev–Trinajstić information content (AvgIpc) is 2.88. The Morgan fingerprint density at radius 3 is 2.94 bits per heavy atom. The maximum absolute atomic E-state index is 5.48. The molecule has 0 aliphatic heterocycles. The molecule has 4 heteroatoms. The molecule has 1 aromatic heterocycles. The van der Waals surface area contributed by atoms with E-state index in [-0.39, 0.29) is 0 Å². The number of benzene rings is 1. The number of unbranched alkanes of at least 4 members (excludes halogenated alkanes) is 1. The van der Waals surface area contributed by atoms with Gasteiger partial charge in [-0.25, -0.2) is 4.68 Å². The Kier molecular flexibility index (Phi) is 4.47. The van der Waals surface area contributed by atoms with Gasteiger partial charge < -0.3 is 5.73 Å². The van der Waals surface area contributed by atoms with Crippen LogP contribution in [-0.2, 0) is 12.8 Å². The van der Waals surface area contributed by atoms with E-state index in [4.69, 9.17) is 5.73 Å². The van der Waals surface area contributed by atoms with E-state index in [1.54, 1.807) is 0 Å². The molecule has 4 nitrogen and oxygen atoms in total. The summed E-state index contributed by atoms with van der Waals surface area (Å²) in [7, 11) is 0. The van der Waals surface area contributed by atoms with E-state index in [9.17, 15) is 0 Å². The number of hydrogen-bond acceptors (Lipinski definition) is 3. The van der Waals surface area contributed by atoms with Crippen LogP contribution < -0.4 is 5.73 Å². The van der Waals surface area contributed by atoms with Crippen LogP contribution in [0.1, 0.15) is 31.0 Å². The zero-order valence-electron chi connectivity index (χ0n) is 10.8. The number of aromatic nitrogens is 3. The Morgan fingerprint density at radius 2 is 2.17 bits per heavy atom. The molecule has 2 aromatic rings. The van der Waals surface area contributed by atoms with Gasteiger partial charge in [-0.2, -0.15) is 0 Å². The molecule has 0 aliphatic rings. The predicted molar refractivity (Wildman–Crippen MR) is 72.7 cm³/mol. The highest BCUT2D eigenvalue weighted by atomic mass is 15.4. The summed E-state index contributed by atoms with van der Waals surface area (Å²) < 4.78 is 1.84. The van der Waals surface area contributed by atoms with Crippen LogP contribution in [0.15, 0.2) is 30.5 Å². The topological polar surface area (TPSA) is 56.7 Å². The quantitative estimate of drug-likeness (QED) is 0.792. The van der Waals surface area contributed by atoms with Gasteiger partial charge in [-0.05, 0) is 49.9 Å². The molecule has 0 fully saturated rings. The summed E-state index contributed by atoms with van der Waals surface area (Å²) in [5, 5.41) is 8.37. The predicted octanol–water partition coefficient (Wildman–Crippen LogP) is 2.11. The summed E-state index contributed by atoms with van der Waals surface area (Å²) in [4.78, 5) is 0. The lowest BCUT2D eigenvalue weighted by atomic mass is 10.1. The van der Waals surface area contributed by atoms with Crippen LogP contribution >= 0.6 is 0 Å². The largest absolute Gasteiger partial charge is 0.330 e. The molecule has 0 radical (unpaired) electrons. The molecule has 2 N–H and O–H groups in total. The van der Waals surface area contributed by atoms with Gasteiger partial charge in [0.2, 0.25) is 0 Å². The molecule has 0 saturated carbocycles. The van der Waals surface area contributed by atoms with Crippen LogP contribution in [0.25, 0.3) is 5.69 Å². The Labute approximate surface area is 108 Å². The SMILES string of the molecule is CCc1cccc(-n2cc(CCCCN)nn2)c1. The molecular weight excluding hydrogens is 224 g/mol. The number of nitrogens with two attached hydrogens (primary N) is 1. The summed E-state index contributed by atoms with van der Waals surface area (Å²) >= 11 is 0. The summed E-state index contributed by atoms with van der Waals surface area (Å²) in [5.41, 5.74) is 8.90. The minimum Gasteiger partial charge on any atom is -0.330 e. The number of aryl methyl sites for hydroxylation is 2. The first-order valence-corrected chi connectivity index (χ1v) is 6.54. The average molecular weight is 244 g/mol. The minimum absolute atomic E-state index is 0.743. The van der Waals surface area contributed by atoms with Gasteiger partial charge in [-0.3, -0.25) is 0 Å². The standard InChI is InChI=1S/C14H20N4/c1-2-12-6-5-8-14(10-12)18-11-13(16-17-18)7-3-4-9-15/h5-6,8,10-11H,2-4,7,9,15H2,1H3. The summed E-state index contributed by atoms with van der Waals surface area (Å²) in [6.45, 7) is 2.89. The maximum Gasteiger partial charge on any atom is 0.0831 e. The van der Waals surface area contributed by atoms with Crippen molar-refractivity contribution in [2.75, 3.05) is 6.54 Å². The van der Waals surface area contributed by atoms with Gasteiger partial charge in [0.15, 0.2) is 0 Å².